The molecule has 10 heteroatoms. The van der Waals surface area contributed by atoms with Gasteiger partial charge < -0.3 is 9.64 Å². The quantitative estimate of drug-likeness (QED) is 0.733. The number of hydrogen-bond acceptors (Lipinski definition) is 4. The fourth-order valence-electron chi connectivity index (χ4n) is 3.40. The molecule has 0 radical (unpaired) electrons. The molecule has 1 aromatic rings. The van der Waals surface area contributed by atoms with Gasteiger partial charge in [0.15, 0.2) is 0 Å². The number of benzene rings is 1. The van der Waals surface area contributed by atoms with E-state index in [1.807, 2.05) is 0 Å². The first-order valence-electron chi connectivity index (χ1n) is 8.53. The lowest BCUT2D eigenvalue weighted by molar-refractivity contribution is -0.0760. The largest absolute Gasteiger partial charge is 0.415 e. The molecule has 1 unspecified atom stereocenters. The van der Waals surface area contributed by atoms with Gasteiger partial charge in [0.1, 0.15) is 5.75 Å². The third-order valence-corrected chi connectivity index (χ3v) is 7.96. The van der Waals surface area contributed by atoms with Gasteiger partial charge in [-0.3, -0.25) is 0 Å². The molecule has 0 spiro atoms. The molecule has 6 nitrogen and oxygen atoms in total. The molecule has 27 heavy (non-hydrogen) atoms. The Kier molecular flexibility index (Phi) is 5.15. The molecule has 0 saturated carbocycles. The fraction of sp³-hybridized carbons (Fsp3) is 0.588. The summed E-state index contributed by atoms with van der Waals surface area (Å²) in [5, 5.41) is 0.446. The van der Waals surface area contributed by atoms with Gasteiger partial charge in [0.2, 0.25) is 10.0 Å². The molecule has 2 heterocycles. The van der Waals surface area contributed by atoms with E-state index in [4.69, 9.17) is 16.3 Å². The number of amides is 1. The van der Waals surface area contributed by atoms with Crippen molar-refractivity contribution in [2.75, 3.05) is 19.6 Å². The number of carbonyl (C=O) groups excluding carboxylic acids is 1. The summed E-state index contributed by atoms with van der Waals surface area (Å²) in [6.07, 6.45) is -1.21. The predicted molar refractivity (Wildman–Crippen MR) is 96.7 cm³/mol. The number of rotatable bonds is 2. The van der Waals surface area contributed by atoms with E-state index in [0.717, 1.165) is 9.21 Å². The number of ether oxygens (including phenoxy) is 1. The van der Waals surface area contributed by atoms with Crippen molar-refractivity contribution in [1.82, 2.24) is 9.21 Å². The van der Waals surface area contributed by atoms with E-state index in [9.17, 15) is 22.0 Å². The first-order chi connectivity index (χ1) is 12.4. The molecule has 1 atom stereocenters. The summed E-state index contributed by atoms with van der Waals surface area (Å²) < 4.78 is 59.1. The Labute approximate surface area is 162 Å². The lowest BCUT2D eigenvalue weighted by atomic mass is 10.0. The number of piperidine rings is 1. The minimum absolute atomic E-state index is 0.142. The highest BCUT2D eigenvalue weighted by molar-refractivity contribution is 7.90. The number of nitrogens with zero attached hydrogens (tertiary/aromatic N) is 2. The van der Waals surface area contributed by atoms with E-state index in [2.05, 4.69) is 0 Å². The summed E-state index contributed by atoms with van der Waals surface area (Å²) in [4.78, 5) is 13.2. The zero-order chi connectivity index (χ0) is 20.0. The van der Waals surface area contributed by atoms with Crippen LogP contribution < -0.4 is 4.74 Å². The number of halogens is 3. The second kappa shape index (κ2) is 6.86. The predicted octanol–water partition coefficient (Wildman–Crippen LogP) is 3.36. The Morgan fingerprint density at radius 1 is 1.26 bits per heavy atom. The van der Waals surface area contributed by atoms with Crippen LogP contribution in [0.15, 0.2) is 24.3 Å². The summed E-state index contributed by atoms with van der Waals surface area (Å²) in [5.74, 6) is -3.03. The van der Waals surface area contributed by atoms with Crippen LogP contribution in [0.5, 0.6) is 5.75 Å². The van der Waals surface area contributed by atoms with Crippen molar-refractivity contribution in [3.8, 4) is 5.75 Å². The molecule has 3 rings (SSSR count). The van der Waals surface area contributed by atoms with Gasteiger partial charge in [-0.15, -0.1) is 0 Å². The van der Waals surface area contributed by atoms with E-state index in [-0.39, 0.29) is 18.8 Å². The fourth-order valence-corrected chi connectivity index (χ4v) is 5.37. The SMILES string of the molecule is CC1(C)CCN(C2CN(C(=O)Oc3ccc(Cl)cc3)CC(F)(F)C2)S1(=O)=O. The van der Waals surface area contributed by atoms with Crippen LogP contribution in [-0.2, 0) is 10.0 Å². The van der Waals surface area contributed by atoms with E-state index in [0.29, 0.717) is 11.4 Å². The lowest BCUT2D eigenvalue weighted by Crippen LogP contribution is -2.58. The Hall–Kier alpha value is -1.45. The minimum atomic E-state index is -3.72. The van der Waals surface area contributed by atoms with Crippen molar-refractivity contribution in [2.45, 2.75) is 43.4 Å². The molecule has 2 fully saturated rings. The topological polar surface area (TPSA) is 66.9 Å². The van der Waals surface area contributed by atoms with Crippen LogP contribution in [0.3, 0.4) is 0 Å². The Morgan fingerprint density at radius 3 is 2.44 bits per heavy atom. The second-order valence-corrected chi connectivity index (χ2v) is 10.5. The van der Waals surface area contributed by atoms with Gasteiger partial charge in [-0.25, -0.2) is 22.0 Å². The maximum Gasteiger partial charge on any atom is 0.415 e. The number of sulfonamides is 1. The summed E-state index contributed by atoms with van der Waals surface area (Å²) in [5.41, 5.74) is 0. The Bertz CT molecular complexity index is 830. The molecule has 0 aromatic heterocycles. The minimum Gasteiger partial charge on any atom is -0.410 e. The highest BCUT2D eigenvalue weighted by atomic mass is 35.5. The maximum absolute atomic E-state index is 14.3. The van der Waals surface area contributed by atoms with E-state index >= 15 is 0 Å². The van der Waals surface area contributed by atoms with Crippen LogP contribution in [0.1, 0.15) is 26.7 Å². The molecule has 2 saturated heterocycles. The summed E-state index contributed by atoms with van der Waals surface area (Å²) in [7, 11) is -3.72. The third kappa shape index (κ3) is 4.05. The molecular weight excluding hydrogens is 402 g/mol. The van der Waals surface area contributed by atoms with Gasteiger partial charge in [-0.05, 0) is 44.5 Å². The van der Waals surface area contributed by atoms with E-state index in [1.54, 1.807) is 13.8 Å². The van der Waals surface area contributed by atoms with E-state index in [1.165, 1.54) is 24.3 Å². The molecule has 2 aliphatic rings. The van der Waals surface area contributed by atoms with Crippen LogP contribution in [0.4, 0.5) is 13.6 Å². The summed E-state index contributed by atoms with van der Waals surface area (Å²) in [6.45, 7) is 2.37. The van der Waals surface area contributed by atoms with Gasteiger partial charge >= 0.3 is 6.09 Å². The van der Waals surface area contributed by atoms with Crippen molar-refractivity contribution >= 4 is 27.7 Å². The number of carbonyl (C=O) groups is 1. The highest BCUT2D eigenvalue weighted by Gasteiger charge is 2.53. The number of alkyl halides is 2. The number of hydrogen-bond donors (Lipinski definition) is 0. The molecule has 2 aliphatic heterocycles. The smallest absolute Gasteiger partial charge is 0.410 e. The first kappa shape index (κ1) is 20.3. The Morgan fingerprint density at radius 2 is 1.89 bits per heavy atom. The molecule has 0 aliphatic carbocycles. The monoisotopic (exact) mass is 422 g/mol. The molecule has 1 amide bonds. The average molecular weight is 423 g/mol. The second-order valence-electron chi connectivity index (χ2n) is 7.54. The summed E-state index contributed by atoms with van der Waals surface area (Å²) >= 11 is 5.76. The van der Waals surface area contributed by atoms with E-state index < -0.39 is 45.8 Å². The standard InChI is InChI=1S/C17H21ClF2N2O4S/c1-16(2)7-8-22(27(16,24)25)13-9-17(19,20)11-21(10-13)15(23)26-14-5-3-12(18)4-6-14/h3-6,13H,7-11H2,1-2H3. The van der Waals surface area contributed by atoms with Crippen LogP contribution in [0, 0.1) is 0 Å². The molecule has 150 valence electrons. The lowest BCUT2D eigenvalue weighted by Gasteiger charge is -2.40. The van der Waals surface area contributed by atoms with Crippen molar-refractivity contribution in [3.63, 3.8) is 0 Å². The average Bonchev–Trinajstić information content (AvgIpc) is 2.76. The zero-order valence-electron chi connectivity index (χ0n) is 15.0. The normalized spacial score (nSPS) is 26.7. The first-order valence-corrected chi connectivity index (χ1v) is 10.3. The maximum atomic E-state index is 14.3. The van der Waals surface area contributed by atoms with Gasteiger partial charge in [0.25, 0.3) is 5.92 Å². The summed E-state index contributed by atoms with van der Waals surface area (Å²) in [6, 6.07) is 4.94. The van der Waals surface area contributed by atoms with Crippen LogP contribution in [-0.4, -0.2) is 60.1 Å². The van der Waals surface area contributed by atoms with Crippen LogP contribution in [0.2, 0.25) is 5.02 Å². The van der Waals surface area contributed by atoms with Crippen molar-refractivity contribution in [2.24, 2.45) is 0 Å². The highest BCUT2D eigenvalue weighted by Crippen LogP contribution is 2.38. The van der Waals surface area contributed by atoms with Crippen LogP contribution >= 0.6 is 11.6 Å². The molecular formula is C17H21ClF2N2O4S. The van der Waals surface area contributed by atoms with Gasteiger partial charge in [-0.2, -0.15) is 4.31 Å². The molecule has 0 bridgehead atoms. The molecule has 1 aromatic carbocycles. The van der Waals surface area contributed by atoms with Gasteiger partial charge in [-0.1, -0.05) is 11.6 Å². The number of likely N-dealkylation sites (tertiary alicyclic amines) is 1. The van der Waals surface area contributed by atoms with Gasteiger partial charge in [0.05, 0.1) is 11.3 Å². The van der Waals surface area contributed by atoms with Crippen molar-refractivity contribution < 1.29 is 26.7 Å². The zero-order valence-corrected chi connectivity index (χ0v) is 16.6. The van der Waals surface area contributed by atoms with Crippen molar-refractivity contribution in [1.29, 1.82) is 0 Å². The molecule has 0 N–H and O–H groups in total. The van der Waals surface area contributed by atoms with Gasteiger partial charge in [0, 0.05) is 30.6 Å². The van der Waals surface area contributed by atoms with Crippen molar-refractivity contribution in [3.05, 3.63) is 29.3 Å². The third-order valence-electron chi connectivity index (χ3n) is 5.01. The Balaban J connectivity index is 1.77. The van der Waals surface area contributed by atoms with Crippen LogP contribution in [0.25, 0.3) is 0 Å².